The zero-order valence-electron chi connectivity index (χ0n) is 10.4. The molecule has 0 saturated carbocycles. The van der Waals surface area contributed by atoms with E-state index in [1.54, 1.807) is 0 Å². The van der Waals surface area contributed by atoms with Crippen LogP contribution in [0.2, 0.25) is 0 Å². The first kappa shape index (κ1) is 26.1. The predicted octanol–water partition coefficient (Wildman–Crippen LogP) is -4.39. The fourth-order valence-electron chi connectivity index (χ4n) is 0.876. The molecular formula is C10H14Na2O5. The molecule has 0 aliphatic carbocycles. The van der Waals surface area contributed by atoms with E-state index in [1.807, 2.05) is 6.92 Å². The van der Waals surface area contributed by atoms with Crippen LogP contribution < -0.4 is 59.1 Å². The van der Waals surface area contributed by atoms with E-state index < -0.39 is 0 Å². The van der Waals surface area contributed by atoms with Crippen LogP contribution in [0.25, 0.3) is 0 Å². The average Bonchev–Trinajstić information content (AvgIpc) is 2.15. The molecule has 0 aromatic heterocycles. The number of benzene rings is 1. The van der Waals surface area contributed by atoms with E-state index in [0.717, 1.165) is 6.42 Å². The summed E-state index contributed by atoms with van der Waals surface area (Å²) in [5.74, 6) is -0.200. The van der Waals surface area contributed by atoms with Gasteiger partial charge in [0, 0.05) is 0 Å². The summed E-state index contributed by atoms with van der Waals surface area (Å²) < 4.78 is 4.90. The van der Waals surface area contributed by atoms with E-state index in [1.165, 1.54) is 24.3 Å². The third-order valence-corrected chi connectivity index (χ3v) is 1.54. The maximum absolute atomic E-state index is 11.2. The second-order valence-corrected chi connectivity index (χ2v) is 2.68. The van der Waals surface area contributed by atoms with Gasteiger partial charge in [-0.1, -0.05) is 6.92 Å². The van der Waals surface area contributed by atoms with Gasteiger partial charge in [-0.2, -0.15) is 0 Å². The molecule has 0 heterocycles. The molecule has 0 atom stereocenters. The summed E-state index contributed by atoms with van der Waals surface area (Å²) in [6, 6.07) is 5.99. The van der Waals surface area contributed by atoms with E-state index in [-0.39, 0.29) is 81.8 Å². The molecule has 1 aromatic carbocycles. The SMILES string of the molecule is CCCOC(=O)c1ccc(O)cc1.[Na+].[Na+].[OH-].[OH-]. The van der Waals surface area contributed by atoms with Crippen molar-refractivity contribution < 1.29 is 84.7 Å². The number of hydrogen-bond acceptors (Lipinski definition) is 5. The van der Waals surface area contributed by atoms with E-state index in [4.69, 9.17) is 9.84 Å². The van der Waals surface area contributed by atoms with Crippen LogP contribution in [0.5, 0.6) is 5.75 Å². The third-order valence-electron chi connectivity index (χ3n) is 1.54. The van der Waals surface area contributed by atoms with Gasteiger partial charge in [0.05, 0.1) is 12.2 Å². The van der Waals surface area contributed by atoms with Crippen LogP contribution in [0.4, 0.5) is 0 Å². The van der Waals surface area contributed by atoms with Gasteiger partial charge in [-0.05, 0) is 30.7 Å². The Bertz CT molecular complexity index is 289. The molecule has 0 unspecified atom stereocenters. The van der Waals surface area contributed by atoms with Gasteiger partial charge in [0.2, 0.25) is 0 Å². The van der Waals surface area contributed by atoms with Gasteiger partial charge in [-0.3, -0.25) is 0 Å². The first-order valence-corrected chi connectivity index (χ1v) is 4.20. The van der Waals surface area contributed by atoms with Gasteiger partial charge in [-0.25, -0.2) is 4.79 Å². The fraction of sp³-hybridized carbons (Fsp3) is 0.300. The number of carbonyl (C=O) groups is 1. The van der Waals surface area contributed by atoms with Crippen molar-refractivity contribution in [1.29, 1.82) is 0 Å². The minimum absolute atomic E-state index is 0. The summed E-state index contributed by atoms with van der Waals surface area (Å²) in [7, 11) is 0. The van der Waals surface area contributed by atoms with Crippen LogP contribution >= 0.6 is 0 Å². The molecule has 1 aromatic rings. The molecule has 0 amide bonds. The molecule has 86 valence electrons. The van der Waals surface area contributed by atoms with Crippen molar-refractivity contribution in [3.05, 3.63) is 29.8 Å². The standard InChI is InChI=1S/C10H12O3.2Na.2H2O/c1-2-7-13-10(12)8-3-5-9(11)6-4-8;;;;/h3-6,11H,2,7H2,1H3;;;2*1H2/q;2*+1;;/p-2. The first-order valence-electron chi connectivity index (χ1n) is 4.20. The van der Waals surface area contributed by atoms with Crippen molar-refractivity contribution in [2.24, 2.45) is 0 Å². The second kappa shape index (κ2) is 14.5. The molecule has 5 nitrogen and oxygen atoms in total. The Kier molecular flexibility index (Phi) is 22.2. The van der Waals surface area contributed by atoms with Gasteiger partial charge in [0.25, 0.3) is 0 Å². The van der Waals surface area contributed by atoms with Crippen LogP contribution in [0.3, 0.4) is 0 Å². The smallest absolute Gasteiger partial charge is 0.870 e. The van der Waals surface area contributed by atoms with Gasteiger partial charge >= 0.3 is 65.1 Å². The summed E-state index contributed by atoms with van der Waals surface area (Å²) in [5, 5.41) is 8.96. The number of phenolic OH excluding ortho intramolecular Hbond substituents is 1. The van der Waals surface area contributed by atoms with Crippen LogP contribution in [-0.2, 0) is 4.74 Å². The Hall–Kier alpha value is 0.410. The van der Waals surface area contributed by atoms with E-state index >= 15 is 0 Å². The van der Waals surface area contributed by atoms with Crippen LogP contribution in [0.15, 0.2) is 24.3 Å². The molecule has 0 radical (unpaired) electrons. The normalized spacial score (nSPS) is 7.35. The number of carbonyl (C=O) groups excluding carboxylic acids is 1. The van der Waals surface area contributed by atoms with E-state index in [0.29, 0.717) is 12.2 Å². The molecule has 3 N–H and O–H groups in total. The van der Waals surface area contributed by atoms with E-state index in [9.17, 15) is 4.79 Å². The van der Waals surface area contributed by atoms with Crippen molar-refractivity contribution in [1.82, 2.24) is 0 Å². The Labute approximate surface area is 145 Å². The number of esters is 1. The summed E-state index contributed by atoms with van der Waals surface area (Å²) >= 11 is 0. The second-order valence-electron chi connectivity index (χ2n) is 2.68. The van der Waals surface area contributed by atoms with Crippen LogP contribution in [0, 0.1) is 0 Å². The quantitative estimate of drug-likeness (QED) is 0.436. The molecule has 1 rings (SSSR count). The van der Waals surface area contributed by atoms with Gasteiger partial charge in [-0.15, -0.1) is 0 Å². The van der Waals surface area contributed by atoms with Gasteiger partial charge in [0.1, 0.15) is 5.75 Å². The minimum atomic E-state index is -0.346. The van der Waals surface area contributed by atoms with Gasteiger partial charge in [0.15, 0.2) is 0 Å². The maximum atomic E-state index is 11.2. The number of aromatic hydroxyl groups is 1. The summed E-state index contributed by atoms with van der Waals surface area (Å²) in [6.07, 6.45) is 0.809. The molecule has 0 bridgehead atoms. The Balaban J connectivity index is -0.000000211. The van der Waals surface area contributed by atoms with Crippen molar-refractivity contribution in [2.75, 3.05) is 6.61 Å². The molecule has 0 fully saturated rings. The van der Waals surface area contributed by atoms with Crippen molar-refractivity contribution in [2.45, 2.75) is 13.3 Å². The Morgan fingerprint density at radius 1 is 1.18 bits per heavy atom. The molecule has 0 aliphatic heterocycles. The molecule has 0 aliphatic rings. The van der Waals surface area contributed by atoms with Crippen LogP contribution in [-0.4, -0.2) is 28.6 Å². The minimum Gasteiger partial charge on any atom is -0.870 e. The predicted molar refractivity (Wildman–Crippen MR) is 52.6 cm³/mol. The van der Waals surface area contributed by atoms with Crippen molar-refractivity contribution in [3.63, 3.8) is 0 Å². The average molecular weight is 260 g/mol. The zero-order valence-corrected chi connectivity index (χ0v) is 14.4. The molecule has 0 saturated heterocycles. The van der Waals surface area contributed by atoms with E-state index in [2.05, 4.69) is 0 Å². The maximum Gasteiger partial charge on any atom is 1.00 e. The van der Waals surface area contributed by atoms with Gasteiger partial charge < -0.3 is 20.8 Å². The fourth-order valence-corrected chi connectivity index (χ4v) is 0.876. The summed E-state index contributed by atoms with van der Waals surface area (Å²) in [6.45, 7) is 2.36. The van der Waals surface area contributed by atoms with Crippen LogP contribution in [0.1, 0.15) is 23.7 Å². The van der Waals surface area contributed by atoms with Crippen molar-refractivity contribution in [3.8, 4) is 5.75 Å². The third kappa shape index (κ3) is 10.1. The molecule has 0 spiro atoms. The molecule has 7 heteroatoms. The largest absolute Gasteiger partial charge is 1.00 e. The number of ether oxygens (including phenoxy) is 1. The molecule has 17 heavy (non-hydrogen) atoms. The Morgan fingerprint density at radius 2 is 1.65 bits per heavy atom. The zero-order chi connectivity index (χ0) is 9.68. The summed E-state index contributed by atoms with van der Waals surface area (Å²) in [4.78, 5) is 11.2. The monoisotopic (exact) mass is 260 g/mol. The number of rotatable bonds is 3. The number of phenols is 1. The molecular weight excluding hydrogens is 246 g/mol. The number of hydrogen-bond donors (Lipinski definition) is 1. The van der Waals surface area contributed by atoms with Crippen molar-refractivity contribution >= 4 is 5.97 Å². The topological polar surface area (TPSA) is 107 Å². The first-order chi connectivity index (χ1) is 6.24. The summed E-state index contributed by atoms with van der Waals surface area (Å²) in [5.41, 5.74) is 0.464. The Morgan fingerprint density at radius 3 is 2.06 bits per heavy atom.